The minimum absolute atomic E-state index is 0.0261. The molecular formula is C20H30N6O. The van der Waals surface area contributed by atoms with Gasteiger partial charge in [-0.3, -0.25) is 19.6 Å². The van der Waals surface area contributed by atoms with Crippen molar-refractivity contribution in [1.82, 2.24) is 19.3 Å². The number of nitrogens with zero attached hydrogens (tertiary/aromatic N) is 5. The van der Waals surface area contributed by atoms with Crippen LogP contribution >= 0.6 is 0 Å². The number of amides is 1. The van der Waals surface area contributed by atoms with E-state index in [0.717, 1.165) is 62.6 Å². The van der Waals surface area contributed by atoms with Crippen LogP contribution in [0.4, 0.5) is 0 Å². The number of nitrogens with two attached hydrogens (primary N) is 1. The Kier molecular flexibility index (Phi) is 4.53. The largest absolute Gasteiger partial charge is 0.339 e. The number of hydrogen-bond donors (Lipinski definition) is 1. The number of fused-ring (bicyclic) bond motifs is 3. The van der Waals surface area contributed by atoms with Crippen molar-refractivity contribution in [2.75, 3.05) is 45.8 Å². The van der Waals surface area contributed by atoms with Crippen LogP contribution in [0.25, 0.3) is 6.08 Å². The number of piperazine rings is 1. The number of carbonyl (C=O) groups excluding carboxylic acids is 1. The fourth-order valence-corrected chi connectivity index (χ4v) is 4.83. The Hall–Kier alpha value is -1.70. The molecule has 1 unspecified atom stereocenters. The molecule has 27 heavy (non-hydrogen) atoms. The molecule has 1 saturated carbocycles. The van der Waals surface area contributed by atoms with Gasteiger partial charge in [0.05, 0.1) is 13.1 Å². The highest BCUT2D eigenvalue weighted by Crippen LogP contribution is 2.25. The maximum absolute atomic E-state index is 12.8. The van der Waals surface area contributed by atoms with Gasteiger partial charge in [-0.15, -0.1) is 0 Å². The van der Waals surface area contributed by atoms with E-state index in [1.807, 2.05) is 0 Å². The number of carbonyl (C=O) groups is 1. The summed E-state index contributed by atoms with van der Waals surface area (Å²) in [5, 5.41) is 1.16. The zero-order chi connectivity index (χ0) is 18.4. The zero-order valence-corrected chi connectivity index (χ0v) is 16.0. The lowest BCUT2D eigenvalue weighted by Crippen LogP contribution is -2.55. The van der Waals surface area contributed by atoms with Gasteiger partial charge in [-0.25, -0.2) is 0 Å². The molecule has 0 bridgehead atoms. The van der Waals surface area contributed by atoms with Crippen LogP contribution in [0.1, 0.15) is 25.0 Å². The lowest BCUT2D eigenvalue weighted by Gasteiger charge is -2.43. The molecule has 2 N–H and O–H groups in total. The SMILES string of the molecule is NC1C=c2cc3n(c2=NC1)CCN(CC(=O)N1CCN(C2CCC2)CC1)C3. The Labute approximate surface area is 160 Å². The lowest BCUT2D eigenvalue weighted by atomic mass is 9.91. The number of hydrogen-bond acceptors (Lipinski definition) is 5. The molecule has 0 aromatic carbocycles. The summed E-state index contributed by atoms with van der Waals surface area (Å²) in [5.74, 6) is 0.284. The maximum atomic E-state index is 12.8. The summed E-state index contributed by atoms with van der Waals surface area (Å²) in [7, 11) is 0. The van der Waals surface area contributed by atoms with Gasteiger partial charge in [0, 0.05) is 68.8 Å². The van der Waals surface area contributed by atoms with Crippen molar-refractivity contribution in [1.29, 1.82) is 0 Å². The predicted molar refractivity (Wildman–Crippen MR) is 104 cm³/mol. The quantitative estimate of drug-likeness (QED) is 0.721. The standard InChI is InChI=1S/C20H30N6O/c21-16-10-15-11-18-13-23(4-9-26(18)20(15)22-12-16)14-19(27)25-7-5-24(6-8-25)17-2-1-3-17/h10-11,16-17H,1-9,12-14,21H2. The molecule has 5 rings (SSSR count). The number of aromatic nitrogens is 1. The molecule has 1 atom stereocenters. The van der Waals surface area contributed by atoms with E-state index in [9.17, 15) is 4.79 Å². The van der Waals surface area contributed by atoms with Crippen LogP contribution in [0.5, 0.6) is 0 Å². The van der Waals surface area contributed by atoms with Crippen LogP contribution in [-0.4, -0.2) is 83.1 Å². The molecule has 7 heteroatoms. The Bertz CT molecular complexity index is 833. The highest BCUT2D eigenvalue weighted by atomic mass is 16.2. The van der Waals surface area contributed by atoms with E-state index in [0.29, 0.717) is 13.1 Å². The second-order valence-electron chi connectivity index (χ2n) is 8.45. The molecule has 4 heterocycles. The van der Waals surface area contributed by atoms with Crippen molar-refractivity contribution < 1.29 is 4.79 Å². The monoisotopic (exact) mass is 370 g/mol. The summed E-state index contributed by atoms with van der Waals surface area (Å²) >= 11 is 0. The first-order valence-corrected chi connectivity index (χ1v) is 10.4. The van der Waals surface area contributed by atoms with Crippen molar-refractivity contribution in [2.45, 2.75) is 44.4 Å². The highest BCUT2D eigenvalue weighted by Gasteiger charge is 2.30. The van der Waals surface area contributed by atoms with Crippen LogP contribution in [-0.2, 0) is 17.9 Å². The molecule has 1 saturated heterocycles. The van der Waals surface area contributed by atoms with Gasteiger partial charge in [0.2, 0.25) is 5.91 Å². The molecular weight excluding hydrogens is 340 g/mol. The first-order valence-electron chi connectivity index (χ1n) is 10.4. The molecule has 1 amide bonds. The second-order valence-corrected chi connectivity index (χ2v) is 8.45. The van der Waals surface area contributed by atoms with E-state index in [1.54, 1.807) is 0 Å². The molecule has 7 nitrogen and oxygen atoms in total. The summed E-state index contributed by atoms with van der Waals surface area (Å²) < 4.78 is 2.30. The van der Waals surface area contributed by atoms with E-state index in [4.69, 9.17) is 5.73 Å². The summed E-state index contributed by atoms with van der Waals surface area (Å²) in [5.41, 5.74) is 8.33. The zero-order valence-electron chi connectivity index (χ0n) is 16.0. The first-order chi connectivity index (χ1) is 13.2. The van der Waals surface area contributed by atoms with E-state index in [-0.39, 0.29) is 11.9 Å². The average molecular weight is 371 g/mol. The minimum atomic E-state index is 0.0261. The molecule has 0 radical (unpaired) electrons. The molecule has 1 aromatic rings. The molecule has 2 fully saturated rings. The van der Waals surface area contributed by atoms with Gasteiger partial charge in [-0.2, -0.15) is 0 Å². The maximum Gasteiger partial charge on any atom is 0.236 e. The fraction of sp³-hybridized carbons (Fsp3) is 0.700. The van der Waals surface area contributed by atoms with E-state index >= 15 is 0 Å². The van der Waals surface area contributed by atoms with Crippen LogP contribution in [0.3, 0.4) is 0 Å². The van der Waals surface area contributed by atoms with E-state index in [1.165, 1.54) is 25.0 Å². The minimum Gasteiger partial charge on any atom is -0.339 e. The van der Waals surface area contributed by atoms with E-state index in [2.05, 4.69) is 36.4 Å². The molecule has 3 aliphatic heterocycles. The van der Waals surface area contributed by atoms with Crippen LogP contribution in [0.15, 0.2) is 11.1 Å². The summed E-state index contributed by atoms with van der Waals surface area (Å²) in [6.07, 6.45) is 6.19. The third-order valence-corrected chi connectivity index (χ3v) is 6.67. The smallest absolute Gasteiger partial charge is 0.236 e. The summed E-state index contributed by atoms with van der Waals surface area (Å²) in [6.45, 7) is 7.69. The third kappa shape index (κ3) is 3.32. The normalized spacial score (nSPS) is 26.6. The lowest BCUT2D eigenvalue weighted by molar-refractivity contribution is -0.135. The fourth-order valence-electron chi connectivity index (χ4n) is 4.83. The van der Waals surface area contributed by atoms with E-state index < -0.39 is 0 Å². The molecule has 1 aromatic heterocycles. The first kappa shape index (κ1) is 17.4. The Morgan fingerprint density at radius 1 is 1.15 bits per heavy atom. The van der Waals surface area contributed by atoms with Gasteiger partial charge in [0.25, 0.3) is 0 Å². The van der Waals surface area contributed by atoms with Gasteiger partial charge in [0.15, 0.2) is 0 Å². The molecule has 4 aliphatic rings. The summed E-state index contributed by atoms with van der Waals surface area (Å²) in [4.78, 5) is 24.4. The van der Waals surface area contributed by atoms with Crippen molar-refractivity contribution in [3.8, 4) is 0 Å². The Balaban J connectivity index is 1.19. The second kappa shape index (κ2) is 7.04. The van der Waals surface area contributed by atoms with Gasteiger partial charge in [0.1, 0.15) is 5.49 Å². The van der Waals surface area contributed by atoms with Gasteiger partial charge in [-0.05, 0) is 18.9 Å². The van der Waals surface area contributed by atoms with Crippen molar-refractivity contribution in [2.24, 2.45) is 10.7 Å². The van der Waals surface area contributed by atoms with Gasteiger partial charge in [-0.1, -0.05) is 12.5 Å². The topological polar surface area (TPSA) is 70.1 Å². The predicted octanol–water partition coefficient (Wildman–Crippen LogP) is -1.26. The molecule has 0 spiro atoms. The number of rotatable bonds is 3. The van der Waals surface area contributed by atoms with Crippen molar-refractivity contribution in [3.05, 3.63) is 22.5 Å². The molecule has 1 aliphatic carbocycles. The van der Waals surface area contributed by atoms with Crippen LogP contribution in [0.2, 0.25) is 0 Å². The third-order valence-electron chi connectivity index (χ3n) is 6.67. The highest BCUT2D eigenvalue weighted by molar-refractivity contribution is 5.78. The van der Waals surface area contributed by atoms with Crippen molar-refractivity contribution >= 4 is 12.0 Å². The Morgan fingerprint density at radius 2 is 1.96 bits per heavy atom. The van der Waals surface area contributed by atoms with Crippen molar-refractivity contribution in [3.63, 3.8) is 0 Å². The van der Waals surface area contributed by atoms with Gasteiger partial charge < -0.3 is 15.2 Å². The summed E-state index contributed by atoms with van der Waals surface area (Å²) in [6, 6.07) is 3.02. The van der Waals surface area contributed by atoms with Crippen LogP contribution in [0, 0.1) is 0 Å². The molecule has 146 valence electrons. The average Bonchev–Trinajstić information content (AvgIpc) is 2.97. The van der Waals surface area contributed by atoms with Crippen LogP contribution < -0.4 is 16.4 Å². The Morgan fingerprint density at radius 3 is 2.70 bits per heavy atom. The van der Waals surface area contributed by atoms with Gasteiger partial charge >= 0.3 is 0 Å².